The van der Waals surface area contributed by atoms with Crippen molar-refractivity contribution in [2.75, 3.05) is 33.4 Å². The van der Waals surface area contributed by atoms with Crippen LogP contribution in [0, 0.1) is 5.92 Å². The standard InChI is InChI=1S/C10H19NO3/c1-14-6-2-5-11(8-10(12)13)7-9-3-4-9/h9H,2-8H2,1H3,(H,12,13). The van der Waals surface area contributed by atoms with E-state index < -0.39 is 5.97 Å². The van der Waals surface area contributed by atoms with E-state index in [1.165, 1.54) is 12.8 Å². The Kier molecular flexibility index (Phi) is 4.90. The molecule has 0 aromatic carbocycles. The highest BCUT2D eigenvalue weighted by Crippen LogP contribution is 2.29. The van der Waals surface area contributed by atoms with Gasteiger partial charge in [-0.1, -0.05) is 0 Å². The van der Waals surface area contributed by atoms with Crippen molar-refractivity contribution in [3.8, 4) is 0 Å². The van der Waals surface area contributed by atoms with Crippen LogP contribution in [0.3, 0.4) is 0 Å². The molecule has 1 aliphatic rings. The quantitative estimate of drug-likeness (QED) is 0.591. The first-order chi connectivity index (χ1) is 6.72. The molecule has 1 rings (SSSR count). The third-order valence-electron chi connectivity index (χ3n) is 2.39. The highest BCUT2D eigenvalue weighted by molar-refractivity contribution is 5.69. The molecule has 4 nitrogen and oxygen atoms in total. The van der Waals surface area contributed by atoms with E-state index in [0.29, 0.717) is 6.61 Å². The van der Waals surface area contributed by atoms with Gasteiger partial charge in [0.05, 0.1) is 6.54 Å². The van der Waals surface area contributed by atoms with E-state index in [1.807, 2.05) is 4.90 Å². The second kappa shape index (κ2) is 5.98. The summed E-state index contributed by atoms with van der Waals surface area (Å²) in [5.74, 6) is 0.0139. The summed E-state index contributed by atoms with van der Waals surface area (Å²) in [6.45, 7) is 2.65. The SMILES string of the molecule is COCCCN(CC(=O)O)CC1CC1. The minimum Gasteiger partial charge on any atom is -0.480 e. The number of hydrogen-bond donors (Lipinski definition) is 1. The number of carboxylic acids is 1. The fourth-order valence-electron chi connectivity index (χ4n) is 1.52. The summed E-state index contributed by atoms with van der Waals surface area (Å²) in [5.41, 5.74) is 0. The zero-order chi connectivity index (χ0) is 10.4. The number of hydrogen-bond acceptors (Lipinski definition) is 3. The Morgan fingerprint density at radius 2 is 2.29 bits per heavy atom. The lowest BCUT2D eigenvalue weighted by Crippen LogP contribution is -2.33. The molecule has 14 heavy (non-hydrogen) atoms. The van der Waals surface area contributed by atoms with E-state index in [0.717, 1.165) is 25.4 Å². The average Bonchev–Trinajstić information content (AvgIpc) is 2.87. The second-order valence-electron chi connectivity index (χ2n) is 3.92. The van der Waals surface area contributed by atoms with Crippen LogP contribution in [0.5, 0.6) is 0 Å². The Morgan fingerprint density at radius 3 is 2.79 bits per heavy atom. The van der Waals surface area contributed by atoms with Gasteiger partial charge in [-0.25, -0.2) is 0 Å². The van der Waals surface area contributed by atoms with Crippen LogP contribution in [0.2, 0.25) is 0 Å². The zero-order valence-corrected chi connectivity index (χ0v) is 8.74. The van der Waals surface area contributed by atoms with Crippen molar-refractivity contribution in [3.63, 3.8) is 0 Å². The number of aliphatic carboxylic acids is 1. The van der Waals surface area contributed by atoms with Gasteiger partial charge in [-0.05, 0) is 25.2 Å². The van der Waals surface area contributed by atoms with Crippen LogP contribution >= 0.6 is 0 Å². The number of carboxylic acid groups (broad SMARTS) is 1. The third-order valence-corrected chi connectivity index (χ3v) is 2.39. The van der Waals surface area contributed by atoms with Gasteiger partial charge in [-0.15, -0.1) is 0 Å². The van der Waals surface area contributed by atoms with Crippen LogP contribution in [-0.2, 0) is 9.53 Å². The Hall–Kier alpha value is -0.610. The molecule has 82 valence electrons. The molecule has 0 heterocycles. The maximum Gasteiger partial charge on any atom is 0.317 e. The maximum atomic E-state index is 10.6. The number of carbonyl (C=O) groups is 1. The van der Waals surface area contributed by atoms with E-state index in [-0.39, 0.29) is 6.54 Å². The van der Waals surface area contributed by atoms with Gasteiger partial charge >= 0.3 is 5.97 Å². The van der Waals surface area contributed by atoms with Crippen LogP contribution < -0.4 is 0 Å². The van der Waals surface area contributed by atoms with Crippen molar-refractivity contribution in [2.45, 2.75) is 19.3 Å². The molecule has 1 saturated carbocycles. The second-order valence-corrected chi connectivity index (χ2v) is 3.92. The van der Waals surface area contributed by atoms with Crippen molar-refractivity contribution in [2.24, 2.45) is 5.92 Å². The van der Waals surface area contributed by atoms with E-state index in [1.54, 1.807) is 7.11 Å². The van der Waals surface area contributed by atoms with Gasteiger partial charge in [0.25, 0.3) is 0 Å². The van der Waals surface area contributed by atoms with Crippen molar-refractivity contribution in [1.29, 1.82) is 0 Å². The van der Waals surface area contributed by atoms with E-state index in [4.69, 9.17) is 9.84 Å². The molecule has 0 bridgehead atoms. The first kappa shape index (κ1) is 11.5. The summed E-state index contributed by atoms with van der Waals surface area (Å²) < 4.78 is 4.94. The van der Waals surface area contributed by atoms with E-state index in [9.17, 15) is 4.79 Å². The number of ether oxygens (including phenoxy) is 1. The largest absolute Gasteiger partial charge is 0.480 e. The van der Waals surface area contributed by atoms with E-state index in [2.05, 4.69) is 0 Å². The third kappa shape index (κ3) is 5.19. The summed E-state index contributed by atoms with van der Waals surface area (Å²) in [5, 5.41) is 8.70. The van der Waals surface area contributed by atoms with Crippen LogP contribution in [0.4, 0.5) is 0 Å². The van der Waals surface area contributed by atoms with Crippen LogP contribution in [-0.4, -0.2) is 49.3 Å². The Bertz CT molecular complexity index is 180. The van der Waals surface area contributed by atoms with E-state index >= 15 is 0 Å². The minimum absolute atomic E-state index is 0.167. The van der Waals surface area contributed by atoms with Crippen molar-refractivity contribution < 1.29 is 14.6 Å². The lowest BCUT2D eigenvalue weighted by Gasteiger charge is -2.19. The lowest BCUT2D eigenvalue weighted by molar-refractivity contribution is -0.138. The first-order valence-corrected chi connectivity index (χ1v) is 5.15. The fourth-order valence-corrected chi connectivity index (χ4v) is 1.52. The predicted octanol–water partition coefficient (Wildman–Crippen LogP) is 0.819. The molecule has 1 fully saturated rings. The molecule has 0 aromatic heterocycles. The highest BCUT2D eigenvalue weighted by atomic mass is 16.5. The molecule has 1 N–H and O–H groups in total. The van der Waals surface area contributed by atoms with Crippen molar-refractivity contribution in [3.05, 3.63) is 0 Å². The fraction of sp³-hybridized carbons (Fsp3) is 0.900. The highest BCUT2D eigenvalue weighted by Gasteiger charge is 2.24. The lowest BCUT2D eigenvalue weighted by atomic mass is 10.3. The normalized spacial score (nSPS) is 16.1. The van der Waals surface area contributed by atoms with Crippen LogP contribution in [0.15, 0.2) is 0 Å². The molecule has 0 radical (unpaired) electrons. The van der Waals surface area contributed by atoms with Gasteiger partial charge in [0.2, 0.25) is 0 Å². The van der Waals surface area contributed by atoms with Crippen LogP contribution in [0.25, 0.3) is 0 Å². The topological polar surface area (TPSA) is 49.8 Å². The molecule has 0 spiro atoms. The summed E-state index contributed by atoms with van der Waals surface area (Å²) in [4.78, 5) is 12.6. The van der Waals surface area contributed by atoms with Gasteiger partial charge in [0, 0.05) is 26.8 Å². The van der Waals surface area contributed by atoms with Gasteiger partial charge in [-0.2, -0.15) is 0 Å². The summed E-state index contributed by atoms with van der Waals surface area (Å²) in [7, 11) is 1.67. The minimum atomic E-state index is -0.733. The summed E-state index contributed by atoms with van der Waals surface area (Å²) in [6.07, 6.45) is 3.44. The Morgan fingerprint density at radius 1 is 1.57 bits per heavy atom. The molecule has 1 aliphatic carbocycles. The molecule has 0 atom stereocenters. The molecule has 0 aromatic rings. The average molecular weight is 201 g/mol. The summed E-state index contributed by atoms with van der Waals surface area (Å²) in [6, 6.07) is 0. The smallest absolute Gasteiger partial charge is 0.317 e. The molecule has 0 amide bonds. The molecule has 0 unspecified atom stereocenters. The molecule has 0 saturated heterocycles. The van der Waals surface area contributed by atoms with Crippen molar-refractivity contribution in [1.82, 2.24) is 4.90 Å². The Labute approximate surface area is 84.8 Å². The molecule has 4 heteroatoms. The van der Waals surface area contributed by atoms with Crippen molar-refractivity contribution >= 4 is 5.97 Å². The number of rotatable bonds is 8. The maximum absolute atomic E-state index is 10.6. The van der Waals surface area contributed by atoms with Gasteiger partial charge in [0.1, 0.15) is 0 Å². The van der Waals surface area contributed by atoms with Crippen LogP contribution in [0.1, 0.15) is 19.3 Å². The summed E-state index contributed by atoms with van der Waals surface area (Å²) >= 11 is 0. The van der Waals surface area contributed by atoms with Gasteiger partial charge < -0.3 is 9.84 Å². The molecular weight excluding hydrogens is 182 g/mol. The Balaban J connectivity index is 2.16. The first-order valence-electron chi connectivity index (χ1n) is 5.15. The number of methoxy groups -OCH3 is 1. The monoisotopic (exact) mass is 201 g/mol. The van der Waals surface area contributed by atoms with Gasteiger partial charge in [0.15, 0.2) is 0 Å². The molecular formula is C10H19NO3. The molecule has 0 aliphatic heterocycles. The zero-order valence-electron chi connectivity index (χ0n) is 8.74. The van der Waals surface area contributed by atoms with Gasteiger partial charge in [-0.3, -0.25) is 9.69 Å². The predicted molar refractivity (Wildman–Crippen MR) is 53.3 cm³/mol. The number of nitrogens with zero attached hydrogens (tertiary/aromatic N) is 1.